The lowest BCUT2D eigenvalue weighted by Gasteiger charge is -2.27. The highest BCUT2D eigenvalue weighted by molar-refractivity contribution is 7.92. The Hall–Kier alpha value is -1.71. The first-order valence-corrected chi connectivity index (χ1v) is 8.31. The number of anilines is 1. The van der Waals surface area contributed by atoms with Crippen LogP contribution in [0.1, 0.15) is 13.8 Å². The summed E-state index contributed by atoms with van der Waals surface area (Å²) in [5.41, 5.74) is -1.00. The Morgan fingerprint density at radius 1 is 1.41 bits per heavy atom. The maximum atomic E-state index is 11.8. The third kappa shape index (κ3) is 5.58. The molecule has 0 saturated heterocycles. The average molecular weight is 331 g/mol. The average Bonchev–Trinajstić information content (AvgIpc) is 2.46. The summed E-state index contributed by atoms with van der Waals surface area (Å²) in [7, 11) is -3.66. The summed E-state index contributed by atoms with van der Waals surface area (Å²) in [4.78, 5) is 15.5. The Kier molecular flexibility index (Phi) is 6.27. The van der Waals surface area contributed by atoms with Crippen molar-refractivity contribution in [1.29, 1.82) is 0 Å². The van der Waals surface area contributed by atoms with Crippen molar-refractivity contribution in [1.82, 2.24) is 10.3 Å². The van der Waals surface area contributed by atoms with Gasteiger partial charge in [-0.3, -0.25) is 9.52 Å². The molecule has 1 aromatic rings. The van der Waals surface area contributed by atoms with Gasteiger partial charge in [-0.25, -0.2) is 13.4 Å². The predicted molar refractivity (Wildman–Crippen MR) is 81.5 cm³/mol. The summed E-state index contributed by atoms with van der Waals surface area (Å²) < 4.78 is 25.9. The number of pyridine rings is 1. The summed E-state index contributed by atoms with van der Waals surface area (Å²) in [5, 5.41) is 21.2. The van der Waals surface area contributed by atoms with Crippen molar-refractivity contribution < 1.29 is 23.4 Å². The number of aliphatic hydroxyl groups excluding tert-OH is 2. The van der Waals surface area contributed by atoms with Crippen molar-refractivity contribution >= 4 is 21.7 Å². The van der Waals surface area contributed by atoms with E-state index in [2.05, 4.69) is 15.0 Å². The molecule has 1 aromatic heterocycles. The van der Waals surface area contributed by atoms with Crippen LogP contribution in [0.25, 0.3) is 0 Å². The molecule has 1 amide bonds. The van der Waals surface area contributed by atoms with E-state index in [1.54, 1.807) is 12.1 Å². The molecule has 124 valence electrons. The van der Waals surface area contributed by atoms with Crippen molar-refractivity contribution in [3.63, 3.8) is 0 Å². The van der Waals surface area contributed by atoms with Gasteiger partial charge in [0.15, 0.2) is 0 Å². The van der Waals surface area contributed by atoms with Gasteiger partial charge in [-0.15, -0.1) is 0 Å². The maximum Gasteiger partial charge on any atom is 0.249 e. The van der Waals surface area contributed by atoms with E-state index in [0.717, 1.165) is 0 Å². The van der Waals surface area contributed by atoms with Crippen LogP contribution in [0.15, 0.2) is 24.4 Å². The Morgan fingerprint density at radius 3 is 2.64 bits per heavy atom. The lowest BCUT2D eigenvalue weighted by molar-refractivity contribution is -0.136. The van der Waals surface area contributed by atoms with E-state index in [4.69, 9.17) is 5.11 Å². The van der Waals surface area contributed by atoms with Gasteiger partial charge in [0.2, 0.25) is 15.9 Å². The Bertz CT molecular complexity index is 589. The van der Waals surface area contributed by atoms with E-state index in [-0.39, 0.29) is 24.7 Å². The number of sulfonamides is 1. The molecule has 4 N–H and O–H groups in total. The number of nitrogens with one attached hydrogen (secondary N) is 2. The molecule has 0 aliphatic carbocycles. The van der Waals surface area contributed by atoms with Gasteiger partial charge in [0.25, 0.3) is 0 Å². The fraction of sp³-hybridized carbons (Fsp3) is 0.538. The number of carbonyl (C=O) groups excluding carboxylic acids is 1. The fourth-order valence-corrected chi connectivity index (χ4v) is 2.39. The minimum absolute atomic E-state index is 0.167. The molecular formula is C13H21N3O5S. The van der Waals surface area contributed by atoms with Crippen LogP contribution in [0.3, 0.4) is 0 Å². The molecule has 1 atom stereocenters. The van der Waals surface area contributed by atoms with E-state index in [0.29, 0.717) is 0 Å². The van der Waals surface area contributed by atoms with Gasteiger partial charge in [-0.05, 0) is 12.1 Å². The standard InChI is InChI=1S/C13H21N3O5S/c1-13(2,9-17)11(18)12(19)15-7-8-22(20,21)16-10-5-3-4-6-14-10/h3-6,11,17-18H,7-9H2,1-2H3,(H,14,16)(H,15,19)/t11-/m1/s1. The second-order valence-electron chi connectivity index (χ2n) is 5.48. The maximum absolute atomic E-state index is 11.8. The van der Waals surface area contributed by atoms with Crippen LogP contribution in [0.5, 0.6) is 0 Å². The summed E-state index contributed by atoms with van der Waals surface area (Å²) in [6, 6.07) is 4.80. The van der Waals surface area contributed by atoms with Gasteiger partial charge >= 0.3 is 0 Å². The first kappa shape index (κ1) is 18.3. The van der Waals surface area contributed by atoms with Crippen molar-refractivity contribution in [2.45, 2.75) is 20.0 Å². The van der Waals surface area contributed by atoms with Crippen LogP contribution in [0, 0.1) is 5.41 Å². The number of aliphatic hydroxyl groups is 2. The van der Waals surface area contributed by atoms with E-state index in [1.165, 1.54) is 26.1 Å². The molecule has 0 unspecified atom stereocenters. The van der Waals surface area contributed by atoms with Crippen molar-refractivity contribution in [3.8, 4) is 0 Å². The highest BCUT2D eigenvalue weighted by atomic mass is 32.2. The number of hydrogen-bond donors (Lipinski definition) is 4. The Morgan fingerprint density at radius 2 is 2.09 bits per heavy atom. The number of nitrogens with zero attached hydrogens (tertiary/aromatic N) is 1. The molecule has 1 heterocycles. The largest absolute Gasteiger partial charge is 0.396 e. The molecule has 0 radical (unpaired) electrons. The highest BCUT2D eigenvalue weighted by Crippen LogP contribution is 2.19. The fourth-order valence-electron chi connectivity index (χ4n) is 1.48. The number of aromatic nitrogens is 1. The normalized spacial score (nSPS) is 13.5. The van der Waals surface area contributed by atoms with Crippen molar-refractivity contribution in [3.05, 3.63) is 24.4 Å². The molecule has 0 saturated carbocycles. The topological polar surface area (TPSA) is 129 Å². The zero-order valence-electron chi connectivity index (χ0n) is 12.5. The second kappa shape index (κ2) is 7.52. The molecule has 1 rings (SSSR count). The minimum Gasteiger partial charge on any atom is -0.396 e. The first-order valence-electron chi connectivity index (χ1n) is 6.66. The van der Waals surface area contributed by atoms with Crippen LogP contribution in [-0.2, 0) is 14.8 Å². The number of rotatable bonds is 8. The molecule has 22 heavy (non-hydrogen) atoms. The van der Waals surface area contributed by atoms with Crippen LogP contribution in [-0.4, -0.2) is 54.5 Å². The molecule has 0 aliphatic rings. The van der Waals surface area contributed by atoms with Crippen molar-refractivity contribution in [2.75, 3.05) is 23.6 Å². The van der Waals surface area contributed by atoms with Gasteiger partial charge in [-0.1, -0.05) is 19.9 Å². The SMILES string of the molecule is CC(C)(CO)[C@H](O)C(=O)NCCS(=O)(=O)Nc1ccccn1. The van der Waals surface area contributed by atoms with Crippen LogP contribution in [0.4, 0.5) is 5.82 Å². The second-order valence-corrected chi connectivity index (χ2v) is 7.32. The number of carbonyl (C=O) groups is 1. The molecule has 0 aliphatic heterocycles. The molecule has 8 nitrogen and oxygen atoms in total. The minimum atomic E-state index is -3.66. The van der Waals surface area contributed by atoms with Gasteiger partial charge in [0.1, 0.15) is 11.9 Å². The quantitative estimate of drug-likeness (QED) is 0.499. The van der Waals surface area contributed by atoms with Gasteiger partial charge in [-0.2, -0.15) is 0 Å². The summed E-state index contributed by atoms with van der Waals surface area (Å²) >= 11 is 0. The van der Waals surface area contributed by atoms with Gasteiger partial charge in [0.05, 0.1) is 12.4 Å². The third-order valence-corrected chi connectivity index (χ3v) is 4.25. The zero-order chi connectivity index (χ0) is 16.8. The van der Waals surface area contributed by atoms with Crippen LogP contribution < -0.4 is 10.0 Å². The molecule has 0 bridgehead atoms. The lowest BCUT2D eigenvalue weighted by atomic mass is 9.87. The zero-order valence-corrected chi connectivity index (χ0v) is 13.3. The van der Waals surface area contributed by atoms with Gasteiger partial charge < -0.3 is 15.5 Å². The Labute approximate surface area is 129 Å². The van der Waals surface area contributed by atoms with E-state index >= 15 is 0 Å². The first-order chi connectivity index (χ1) is 10.2. The number of hydrogen-bond acceptors (Lipinski definition) is 6. The smallest absolute Gasteiger partial charge is 0.249 e. The molecular weight excluding hydrogens is 310 g/mol. The van der Waals surface area contributed by atoms with Crippen molar-refractivity contribution in [2.24, 2.45) is 5.41 Å². The van der Waals surface area contributed by atoms with Gasteiger partial charge in [0, 0.05) is 18.2 Å². The third-order valence-electron chi connectivity index (χ3n) is 2.99. The van der Waals surface area contributed by atoms with Crippen LogP contribution >= 0.6 is 0 Å². The Balaban J connectivity index is 2.48. The molecule has 0 aromatic carbocycles. The molecule has 9 heteroatoms. The lowest BCUT2D eigenvalue weighted by Crippen LogP contribution is -2.46. The summed E-state index contributed by atoms with van der Waals surface area (Å²) in [5.74, 6) is -0.899. The molecule has 0 fully saturated rings. The predicted octanol–water partition coefficient (Wildman–Crippen LogP) is -0.681. The monoisotopic (exact) mass is 331 g/mol. The van der Waals surface area contributed by atoms with Crippen LogP contribution in [0.2, 0.25) is 0 Å². The van der Waals surface area contributed by atoms with E-state index < -0.39 is 27.4 Å². The number of amides is 1. The summed E-state index contributed by atoms with van der Waals surface area (Å²) in [6.07, 6.45) is 0.0245. The highest BCUT2D eigenvalue weighted by Gasteiger charge is 2.32. The van der Waals surface area contributed by atoms with E-state index in [1.807, 2.05) is 0 Å². The van der Waals surface area contributed by atoms with E-state index in [9.17, 15) is 18.3 Å². The molecule has 0 spiro atoms. The summed E-state index contributed by atoms with van der Waals surface area (Å²) in [6.45, 7) is 2.51.